The summed E-state index contributed by atoms with van der Waals surface area (Å²) in [4.78, 5) is 14.3. The molecule has 128 valence electrons. The van der Waals surface area contributed by atoms with Crippen LogP contribution < -0.4 is 5.32 Å². The lowest BCUT2D eigenvalue weighted by molar-refractivity contribution is -0.120. The lowest BCUT2D eigenvalue weighted by Crippen LogP contribution is -2.51. The number of carbonyl (C=O) groups excluding carboxylic acids is 1. The number of rotatable bonds is 4. The molecule has 7 heteroatoms. The minimum absolute atomic E-state index is 0.110. The predicted molar refractivity (Wildman–Crippen MR) is 87.0 cm³/mol. The lowest BCUT2D eigenvalue weighted by atomic mass is 9.78. The first-order valence-corrected chi connectivity index (χ1v) is 9.86. The van der Waals surface area contributed by atoms with Gasteiger partial charge >= 0.3 is 0 Å². The Kier molecular flexibility index (Phi) is 5.85. The van der Waals surface area contributed by atoms with E-state index in [1.807, 2.05) is 7.05 Å². The molecule has 0 radical (unpaired) electrons. The molecule has 0 bridgehead atoms. The predicted octanol–water partition coefficient (Wildman–Crippen LogP) is 0.505. The van der Waals surface area contributed by atoms with Crippen molar-refractivity contribution in [3.63, 3.8) is 0 Å². The van der Waals surface area contributed by atoms with Crippen LogP contribution in [0.1, 0.15) is 33.1 Å². The lowest BCUT2D eigenvalue weighted by Gasteiger charge is -2.35. The number of carbonyl (C=O) groups is 1. The Balaban J connectivity index is 1.88. The largest absolute Gasteiger partial charge is 0.352 e. The summed E-state index contributed by atoms with van der Waals surface area (Å²) in [7, 11) is -1.52. The van der Waals surface area contributed by atoms with Gasteiger partial charge in [-0.25, -0.2) is 8.42 Å². The maximum absolute atomic E-state index is 12.3. The Hall–Kier alpha value is -0.660. The smallest absolute Gasteiger partial charge is 0.236 e. The molecule has 1 amide bonds. The molecule has 2 fully saturated rings. The van der Waals surface area contributed by atoms with Gasteiger partial charge in [-0.1, -0.05) is 26.7 Å². The molecule has 2 rings (SSSR count). The normalized spacial score (nSPS) is 31.9. The van der Waals surface area contributed by atoms with E-state index in [1.165, 1.54) is 10.7 Å². The van der Waals surface area contributed by atoms with Gasteiger partial charge in [0.2, 0.25) is 15.9 Å². The monoisotopic (exact) mass is 331 g/mol. The quantitative estimate of drug-likeness (QED) is 0.815. The zero-order chi connectivity index (χ0) is 16.3. The molecule has 0 aromatic rings. The van der Waals surface area contributed by atoms with E-state index in [0.29, 0.717) is 24.9 Å². The Morgan fingerprint density at radius 3 is 2.41 bits per heavy atom. The fraction of sp³-hybridized carbons (Fsp3) is 0.933. The Morgan fingerprint density at radius 2 is 1.77 bits per heavy atom. The van der Waals surface area contributed by atoms with Gasteiger partial charge in [0.25, 0.3) is 0 Å². The van der Waals surface area contributed by atoms with Crippen molar-refractivity contribution in [2.75, 3.05) is 39.0 Å². The summed E-state index contributed by atoms with van der Waals surface area (Å²) < 4.78 is 26.1. The molecule has 0 unspecified atom stereocenters. The summed E-state index contributed by atoms with van der Waals surface area (Å²) >= 11 is 0. The SMILES string of the molecule is C[C@H]1[C@H](C)CCC[C@@H]1NC(=O)CS(=O)(=O)N1CCN(C)CC1. The average molecular weight is 331 g/mol. The molecule has 0 spiro atoms. The molecule has 1 heterocycles. The van der Waals surface area contributed by atoms with Crippen molar-refractivity contribution in [1.82, 2.24) is 14.5 Å². The van der Waals surface area contributed by atoms with Crippen LogP contribution in [0.4, 0.5) is 0 Å². The molecule has 1 N–H and O–H groups in total. The first kappa shape index (κ1) is 17.7. The van der Waals surface area contributed by atoms with Gasteiger partial charge in [-0.2, -0.15) is 4.31 Å². The molecule has 1 saturated carbocycles. The van der Waals surface area contributed by atoms with Gasteiger partial charge in [0.15, 0.2) is 0 Å². The molecule has 2 aliphatic rings. The minimum Gasteiger partial charge on any atom is -0.352 e. The van der Waals surface area contributed by atoms with Gasteiger partial charge in [-0.05, 0) is 25.3 Å². The van der Waals surface area contributed by atoms with Crippen molar-refractivity contribution in [3.05, 3.63) is 0 Å². The Labute approximate surface area is 134 Å². The summed E-state index contributed by atoms with van der Waals surface area (Å²) in [5.41, 5.74) is 0. The van der Waals surface area contributed by atoms with E-state index < -0.39 is 15.8 Å². The average Bonchev–Trinajstić information content (AvgIpc) is 2.44. The number of piperazine rings is 1. The van der Waals surface area contributed by atoms with Crippen LogP contribution in [-0.4, -0.2) is 68.6 Å². The van der Waals surface area contributed by atoms with Crippen molar-refractivity contribution in [2.24, 2.45) is 11.8 Å². The van der Waals surface area contributed by atoms with E-state index in [4.69, 9.17) is 0 Å². The third kappa shape index (κ3) is 4.43. The van der Waals surface area contributed by atoms with E-state index in [1.54, 1.807) is 0 Å². The Bertz CT molecular complexity index is 486. The second-order valence-electron chi connectivity index (χ2n) is 6.90. The highest BCUT2D eigenvalue weighted by Crippen LogP contribution is 2.29. The maximum Gasteiger partial charge on any atom is 0.236 e. The van der Waals surface area contributed by atoms with Crippen LogP contribution in [0, 0.1) is 11.8 Å². The number of nitrogens with one attached hydrogen (secondary N) is 1. The van der Waals surface area contributed by atoms with Crippen LogP contribution in [0.25, 0.3) is 0 Å². The molecule has 3 atom stereocenters. The van der Waals surface area contributed by atoms with Crippen LogP contribution >= 0.6 is 0 Å². The van der Waals surface area contributed by atoms with E-state index >= 15 is 0 Å². The number of amides is 1. The first-order valence-electron chi connectivity index (χ1n) is 8.25. The van der Waals surface area contributed by atoms with E-state index in [0.717, 1.165) is 25.9 Å². The standard InChI is InChI=1S/C15H29N3O3S/c1-12-5-4-6-14(13(12)2)16-15(19)11-22(20,21)18-9-7-17(3)8-10-18/h12-14H,4-11H2,1-3H3,(H,16,19)/t12-,13+,14+/m1/s1. The molecular weight excluding hydrogens is 302 g/mol. The van der Waals surface area contributed by atoms with Crippen molar-refractivity contribution < 1.29 is 13.2 Å². The Morgan fingerprint density at radius 1 is 1.14 bits per heavy atom. The highest BCUT2D eigenvalue weighted by molar-refractivity contribution is 7.89. The highest BCUT2D eigenvalue weighted by atomic mass is 32.2. The molecule has 1 aliphatic carbocycles. The summed E-state index contributed by atoms with van der Waals surface area (Å²) in [6.07, 6.45) is 3.24. The molecular formula is C15H29N3O3S. The van der Waals surface area contributed by atoms with E-state index in [2.05, 4.69) is 24.1 Å². The van der Waals surface area contributed by atoms with Crippen LogP contribution in [0.3, 0.4) is 0 Å². The summed E-state index contributed by atoms with van der Waals surface area (Å²) in [6.45, 7) is 6.73. The maximum atomic E-state index is 12.3. The van der Waals surface area contributed by atoms with Gasteiger partial charge < -0.3 is 10.2 Å². The van der Waals surface area contributed by atoms with Crippen molar-refractivity contribution >= 4 is 15.9 Å². The highest BCUT2D eigenvalue weighted by Gasteiger charge is 2.31. The number of hydrogen-bond acceptors (Lipinski definition) is 4. The van der Waals surface area contributed by atoms with E-state index in [-0.39, 0.29) is 11.9 Å². The van der Waals surface area contributed by atoms with Gasteiger partial charge in [-0.3, -0.25) is 4.79 Å². The van der Waals surface area contributed by atoms with Crippen LogP contribution in [-0.2, 0) is 14.8 Å². The summed E-state index contributed by atoms with van der Waals surface area (Å²) in [6, 6.07) is 0.110. The van der Waals surface area contributed by atoms with Gasteiger partial charge in [0.1, 0.15) is 5.75 Å². The third-order valence-corrected chi connectivity index (χ3v) is 7.00. The molecule has 1 aliphatic heterocycles. The first-order chi connectivity index (χ1) is 10.3. The second kappa shape index (κ2) is 7.27. The molecule has 0 aromatic carbocycles. The number of hydrogen-bond donors (Lipinski definition) is 1. The van der Waals surface area contributed by atoms with Crippen molar-refractivity contribution in [3.8, 4) is 0 Å². The van der Waals surface area contributed by atoms with Crippen LogP contribution in [0.15, 0.2) is 0 Å². The minimum atomic E-state index is -3.49. The zero-order valence-corrected chi connectivity index (χ0v) is 14.7. The van der Waals surface area contributed by atoms with Crippen LogP contribution in [0.2, 0.25) is 0 Å². The molecule has 6 nitrogen and oxygen atoms in total. The van der Waals surface area contributed by atoms with Gasteiger partial charge in [0, 0.05) is 32.2 Å². The van der Waals surface area contributed by atoms with Gasteiger partial charge in [-0.15, -0.1) is 0 Å². The summed E-state index contributed by atoms with van der Waals surface area (Å²) in [5.74, 6) is 0.205. The number of nitrogens with zero attached hydrogens (tertiary/aromatic N) is 2. The topological polar surface area (TPSA) is 69.7 Å². The third-order valence-electron chi connectivity index (χ3n) is 5.22. The molecule has 0 aromatic heterocycles. The molecule has 22 heavy (non-hydrogen) atoms. The fourth-order valence-corrected chi connectivity index (χ4v) is 4.67. The second-order valence-corrected chi connectivity index (χ2v) is 8.87. The van der Waals surface area contributed by atoms with Crippen molar-refractivity contribution in [2.45, 2.75) is 39.2 Å². The number of likely N-dealkylation sites (N-methyl/N-ethyl adjacent to an activating group) is 1. The van der Waals surface area contributed by atoms with Crippen LogP contribution in [0.5, 0.6) is 0 Å². The summed E-state index contributed by atoms with van der Waals surface area (Å²) in [5, 5.41) is 2.95. The van der Waals surface area contributed by atoms with Crippen molar-refractivity contribution in [1.29, 1.82) is 0 Å². The van der Waals surface area contributed by atoms with Gasteiger partial charge in [0.05, 0.1) is 0 Å². The molecule has 1 saturated heterocycles. The number of sulfonamides is 1. The van der Waals surface area contributed by atoms with E-state index in [9.17, 15) is 13.2 Å². The fourth-order valence-electron chi connectivity index (χ4n) is 3.36. The zero-order valence-electron chi connectivity index (χ0n) is 13.9.